The molecule has 1 aromatic rings. The number of nitrogens with one attached hydrogen (secondary N) is 1. The molecule has 1 fully saturated rings. The van der Waals surface area contributed by atoms with Crippen LogP contribution in [-0.4, -0.2) is 25.3 Å². The zero-order valence-electron chi connectivity index (χ0n) is 10.8. The summed E-state index contributed by atoms with van der Waals surface area (Å²) >= 11 is 0. The van der Waals surface area contributed by atoms with Gasteiger partial charge < -0.3 is 5.32 Å². The summed E-state index contributed by atoms with van der Waals surface area (Å²) in [7, 11) is -3.11. The minimum atomic E-state index is -3.11. The Bertz CT molecular complexity index is 519. The van der Waals surface area contributed by atoms with Crippen LogP contribution in [0.5, 0.6) is 0 Å². The van der Waals surface area contributed by atoms with Gasteiger partial charge in [0.2, 0.25) is 5.91 Å². The number of carbonyl (C=O) groups is 1. The maximum atomic E-state index is 12.0. The number of carbonyl (C=O) groups excluding carboxylic acids is 1. The molecule has 0 unspecified atom stereocenters. The predicted molar refractivity (Wildman–Crippen MR) is 75.7 cm³/mol. The zero-order chi connectivity index (χ0) is 13.7. The van der Waals surface area contributed by atoms with Crippen molar-refractivity contribution in [1.29, 1.82) is 0 Å². The molecule has 0 aromatic heterocycles. The van der Waals surface area contributed by atoms with Gasteiger partial charge in [0.1, 0.15) is 0 Å². The van der Waals surface area contributed by atoms with Crippen LogP contribution in [0.2, 0.25) is 0 Å². The van der Waals surface area contributed by atoms with Crippen molar-refractivity contribution in [1.82, 2.24) is 0 Å². The lowest BCUT2D eigenvalue weighted by Gasteiger charge is -2.10. The Morgan fingerprint density at radius 1 is 1.16 bits per heavy atom. The normalized spacial score (nSPS) is 16.4. The lowest BCUT2D eigenvalue weighted by molar-refractivity contribution is -0.115. The number of anilines is 1. The number of amides is 1. The molecular weight excluding hydrogens is 262 g/mol. The molecular formula is C14H19NO3S. The predicted octanol–water partition coefficient (Wildman–Crippen LogP) is 2.37. The van der Waals surface area contributed by atoms with Crippen molar-refractivity contribution in [3.63, 3.8) is 0 Å². The van der Waals surface area contributed by atoms with Crippen LogP contribution in [0.15, 0.2) is 30.3 Å². The van der Waals surface area contributed by atoms with Gasteiger partial charge in [0, 0.05) is 12.1 Å². The van der Waals surface area contributed by atoms with E-state index in [1.807, 2.05) is 18.2 Å². The largest absolute Gasteiger partial charge is 0.326 e. The first-order valence-corrected chi connectivity index (χ1v) is 8.36. The molecule has 4 nitrogen and oxygen atoms in total. The maximum Gasteiger partial charge on any atom is 0.225 e. The van der Waals surface area contributed by atoms with E-state index in [0.717, 1.165) is 25.7 Å². The van der Waals surface area contributed by atoms with E-state index < -0.39 is 9.84 Å². The molecule has 19 heavy (non-hydrogen) atoms. The summed E-state index contributed by atoms with van der Waals surface area (Å²) in [6.45, 7) is 0. The minimum absolute atomic E-state index is 0.0354. The SMILES string of the molecule is O=C(CCS(=O)(=O)C1CCCC1)Nc1ccccc1. The van der Waals surface area contributed by atoms with Crippen molar-refractivity contribution < 1.29 is 13.2 Å². The lowest BCUT2D eigenvalue weighted by atomic mass is 10.3. The Kier molecular flexibility index (Phi) is 4.58. The fourth-order valence-corrected chi connectivity index (χ4v) is 4.25. The molecule has 1 N–H and O–H groups in total. The third-order valence-electron chi connectivity index (χ3n) is 3.48. The highest BCUT2D eigenvalue weighted by molar-refractivity contribution is 7.92. The summed E-state index contributed by atoms with van der Waals surface area (Å²) < 4.78 is 24.0. The van der Waals surface area contributed by atoms with Crippen LogP contribution in [0.25, 0.3) is 0 Å². The van der Waals surface area contributed by atoms with E-state index in [1.54, 1.807) is 12.1 Å². The molecule has 1 amide bonds. The Morgan fingerprint density at radius 2 is 1.79 bits per heavy atom. The minimum Gasteiger partial charge on any atom is -0.326 e. The Labute approximate surface area is 114 Å². The molecule has 1 aromatic carbocycles. The summed E-state index contributed by atoms with van der Waals surface area (Å²) in [4.78, 5) is 11.7. The molecule has 2 rings (SSSR count). The summed E-state index contributed by atoms with van der Waals surface area (Å²) in [6.07, 6.45) is 3.51. The molecule has 0 spiro atoms. The number of para-hydroxylation sites is 1. The highest BCUT2D eigenvalue weighted by Gasteiger charge is 2.28. The maximum absolute atomic E-state index is 12.0. The molecule has 1 saturated carbocycles. The molecule has 1 aliphatic rings. The standard InChI is InChI=1S/C14H19NO3S/c16-14(15-12-6-2-1-3-7-12)10-11-19(17,18)13-8-4-5-9-13/h1-3,6-7,13H,4-5,8-11H2,(H,15,16). The van der Waals surface area contributed by atoms with Crippen molar-refractivity contribution >= 4 is 21.4 Å². The second kappa shape index (κ2) is 6.19. The Balaban J connectivity index is 1.83. The van der Waals surface area contributed by atoms with Gasteiger partial charge in [0.05, 0.1) is 11.0 Å². The van der Waals surface area contributed by atoms with Crippen LogP contribution < -0.4 is 5.32 Å². The van der Waals surface area contributed by atoms with Crippen molar-refractivity contribution in [2.45, 2.75) is 37.4 Å². The van der Waals surface area contributed by atoms with Gasteiger partial charge in [0.25, 0.3) is 0 Å². The van der Waals surface area contributed by atoms with E-state index in [0.29, 0.717) is 5.69 Å². The summed E-state index contributed by atoms with van der Waals surface area (Å²) in [6, 6.07) is 9.07. The summed E-state index contributed by atoms with van der Waals surface area (Å²) in [5.41, 5.74) is 0.700. The van der Waals surface area contributed by atoms with Gasteiger partial charge in [-0.2, -0.15) is 0 Å². The fraction of sp³-hybridized carbons (Fsp3) is 0.500. The first kappa shape index (κ1) is 14.1. The van der Waals surface area contributed by atoms with Gasteiger partial charge in [-0.1, -0.05) is 31.0 Å². The molecule has 5 heteroatoms. The van der Waals surface area contributed by atoms with Crippen LogP contribution >= 0.6 is 0 Å². The van der Waals surface area contributed by atoms with Crippen LogP contribution in [0, 0.1) is 0 Å². The average Bonchev–Trinajstić information content (AvgIpc) is 2.92. The second-order valence-corrected chi connectivity index (χ2v) is 7.34. The Morgan fingerprint density at radius 3 is 2.42 bits per heavy atom. The van der Waals surface area contributed by atoms with Gasteiger partial charge in [0.15, 0.2) is 9.84 Å². The van der Waals surface area contributed by atoms with Crippen molar-refractivity contribution in [2.24, 2.45) is 0 Å². The van der Waals surface area contributed by atoms with Gasteiger partial charge in [-0.3, -0.25) is 4.79 Å². The van der Waals surface area contributed by atoms with E-state index in [4.69, 9.17) is 0 Å². The summed E-state index contributed by atoms with van der Waals surface area (Å²) in [5.74, 6) is -0.288. The molecule has 0 aliphatic heterocycles. The van der Waals surface area contributed by atoms with Crippen LogP contribution in [-0.2, 0) is 14.6 Å². The summed E-state index contributed by atoms with van der Waals surface area (Å²) in [5, 5.41) is 2.48. The number of sulfone groups is 1. The molecule has 1 aliphatic carbocycles. The first-order chi connectivity index (χ1) is 9.08. The van der Waals surface area contributed by atoms with E-state index in [9.17, 15) is 13.2 Å². The van der Waals surface area contributed by atoms with Gasteiger partial charge in [-0.15, -0.1) is 0 Å². The van der Waals surface area contributed by atoms with E-state index in [2.05, 4.69) is 5.32 Å². The van der Waals surface area contributed by atoms with E-state index in [1.165, 1.54) is 0 Å². The number of hydrogen-bond donors (Lipinski definition) is 1. The third-order valence-corrected chi connectivity index (χ3v) is 5.74. The van der Waals surface area contributed by atoms with Crippen molar-refractivity contribution in [3.8, 4) is 0 Å². The molecule has 0 heterocycles. The van der Waals surface area contributed by atoms with Crippen LogP contribution in [0.4, 0.5) is 5.69 Å². The van der Waals surface area contributed by atoms with Gasteiger partial charge >= 0.3 is 0 Å². The molecule has 0 radical (unpaired) electrons. The first-order valence-electron chi connectivity index (χ1n) is 6.64. The highest BCUT2D eigenvalue weighted by Crippen LogP contribution is 2.25. The fourth-order valence-electron chi connectivity index (χ4n) is 2.39. The second-order valence-electron chi connectivity index (χ2n) is 4.94. The zero-order valence-corrected chi connectivity index (χ0v) is 11.7. The third kappa shape index (κ3) is 4.06. The average molecular weight is 281 g/mol. The van der Waals surface area contributed by atoms with E-state index >= 15 is 0 Å². The van der Waals surface area contributed by atoms with E-state index in [-0.39, 0.29) is 23.3 Å². The highest BCUT2D eigenvalue weighted by atomic mass is 32.2. The smallest absolute Gasteiger partial charge is 0.225 e. The number of hydrogen-bond acceptors (Lipinski definition) is 3. The van der Waals surface area contributed by atoms with Crippen LogP contribution in [0.3, 0.4) is 0 Å². The van der Waals surface area contributed by atoms with Gasteiger partial charge in [-0.25, -0.2) is 8.42 Å². The lowest BCUT2D eigenvalue weighted by Crippen LogP contribution is -2.24. The molecule has 104 valence electrons. The van der Waals surface area contributed by atoms with Crippen LogP contribution in [0.1, 0.15) is 32.1 Å². The molecule has 0 bridgehead atoms. The number of rotatable bonds is 5. The quantitative estimate of drug-likeness (QED) is 0.901. The topological polar surface area (TPSA) is 63.2 Å². The Hall–Kier alpha value is -1.36. The molecule has 0 saturated heterocycles. The van der Waals surface area contributed by atoms with Crippen molar-refractivity contribution in [2.75, 3.05) is 11.1 Å². The van der Waals surface area contributed by atoms with Gasteiger partial charge in [-0.05, 0) is 25.0 Å². The van der Waals surface area contributed by atoms with Crippen molar-refractivity contribution in [3.05, 3.63) is 30.3 Å². The number of benzene rings is 1. The molecule has 0 atom stereocenters. The monoisotopic (exact) mass is 281 g/mol.